The van der Waals surface area contributed by atoms with Crippen molar-refractivity contribution in [3.8, 4) is 0 Å². The molecule has 0 amide bonds. The van der Waals surface area contributed by atoms with Crippen LogP contribution in [0.5, 0.6) is 0 Å². The predicted octanol–water partition coefficient (Wildman–Crippen LogP) is 1.97. The number of carboxylic acid groups (broad SMARTS) is 1. The lowest BCUT2D eigenvalue weighted by atomic mass is 10.2. The number of hydrogen-bond donors (Lipinski definition) is 1. The van der Waals surface area contributed by atoms with E-state index in [1.165, 1.54) is 0 Å². The second-order valence-electron chi connectivity index (χ2n) is 1.81. The van der Waals surface area contributed by atoms with Crippen molar-refractivity contribution in [2.45, 2.75) is 19.3 Å². The third kappa shape index (κ3) is 12.3. The van der Waals surface area contributed by atoms with E-state index in [0.29, 0.717) is 19.4 Å². The van der Waals surface area contributed by atoms with Crippen molar-refractivity contribution in [2.75, 3.05) is 6.54 Å². The van der Waals surface area contributed by atoms with Gasteiger partial charge in [0.1, 0.15) is 0 Å². The number of unbranched alkanes of at least 4 members (excludes halogenated alkanes) is 1. The minimum absolute atomic E-state index is 0. The van der Waals surface area contributed by atoms with Crippen molar-refractivity contribution in [1.29, 1.82) is 0 Å². The standard InChI is InChI=1S/C5H9N3O2.ClH/c6-8-7-4-2-1-3-5(9)10;/h1-4H2,(H,9,10);1H. The number of rotatable bonds is 5. The average molecular weight is 180 g/mol. The molecule has 0 aliphatic carbocycles. The number of hydrogen-bond acceptors (Lipinski definition) is 2. The van der Waals surface area contributed by atoms with Gasteiger partial charge < -0.3 is 5.11 Å². The van der Waals surface area contributed by atoms with Crippen molar-refractivity contribution in [1.82, 2.24) is 0 Å². The molecule has 0 radical (unpaired) electrons. The Morgan fingerprint density at radius 3 is 2.64 bits per heavy atom. The van der Waals surface area contributed by atoms with Crippen molar-refractivity contribution in [3.63, 3.8) is 0 Å². The number of halogens is 1. The minimum atomic E-state index is -0.805. The second kappa shape index (κ2) is 9.07. The van der Waals surface area contributed by atoms with Gasteiger partial charge in [0.15, 0.2) is 0 Å². The van der Waals surface area contributed by atoms with Crippen molar-refractivity contribution in [2.24, 2.45) is 5.11 Å². The molecule has 0 bridgehead atoms. The second-order valence-corrected chi connectivity index (χ2v) is 1.81. The van der Waals surface area contributed by atoms with E-state index in [1.54, 1.807) is 0 Å². The number of carbonyl (C=O) groups is 1. The van der Waals surface area contributed by atoms with Gasteiger partial charge in [0.2, 0.25) is 0 Å². The molecule has 64 valence electrons. The molecule has 0 unspecified atom stereocenters. The number of azide groups is 1. The van der Waals surface area contributed by atoms with Crippen LogP contribution < -0.4 is 0 Å². The first-order chi connectivity index (χ1) is 4.77. The highest BCUT2D eigenvalue weighted by Gasteiger charge is 1.93. The third-order valence-electron chi connectivity index (χ3n) is 0.962. The number of carboxylic acids is 1. The largest absolute Gasteiger partial charge is 0.481 e. The van der Waals surface area contributed by atoms with E-state index in [2.05, 4.69) is 10.0 Å². The van der Waals surface area contributed by atoms with Crippen LogP contribution in [0, 0.1) is 0 Å². The quantitative estimate of drug-likeness (QED) is 0.303. The molecule has 0 aromatic rings. The number of aliphatic carboxylic acids is 1. The molecule has 5 nitrogen and oxygen atoms in total. The SMILES string of the molecule is Cl.[N-]=[N+]=NCCCCC(=O)O. The van der Waals surface area contributed by atoms with Gasteiger partial charge in [-0.3, -0.25) is 4.79 Å². The van der Waals surface area contributed by atoms with Crippen LogP contribution >= 0.6 is 12.4 Å². The van der Waals surface area contributed by atoms with E-state index in [-0.39, 0.29) is 18.8 Å². The maximum Gasteiger partial charge on any atom is 0.303 e. The molecule has 0 aliphatic rings. The van der Waals surface area contributed by atoms with E-state index in [1.807, 2.05) is 0 Å². The zero-order chi connectivity index (χ0) is 7.82. The monoisotopic (exact) mass is 179 g/mol. The summed E-state index contributed by atoms with van der Waals surface area (Å²) in [4.78, 5) is 12.5. The summed E-state index contributed by atoms with van der Waals surface area (Å²) in [5.41, 5.74) is 7.82. The summed E-state index contributed by atoms with van der Waals surface area (Å²) in [6.45, 7) is 0.393. The molecular weight excluding hydrogens is 170 g/mol. The molecule has 0 heterocycles. The Morgan fingerprint density at radius 2 is 2.18 bits per heavy atom. The molecule has 0 saturated heterocycles. The Balaban J connectivity index is 0. The highest BCUT2D eigenvalue weighted by molar-refractivity contribution is 5.85. The summed E-state index contributed by atoms with van der Waals surface area (Å²) in [5.74, 6) is -0.805. The smallest absolute Gasteiger partial charge is 0.303 e. The van der Waals surface area contributed by atoms with Crippen LogP contribution in [0.4, 0.5) is 0 Å². The Kier molecular flexibility index (Phi) is 10.5. The van der Waals surface area contributed by atoms with Crippen molar-refractivity contribution >= 4 is 18.4 Å². The number of nitrogens with zero attached hydrogens (tertiary/aromatic N) is 3. The fraction of sp³-hybridized carbons (Fsp3) is 0.800. The van der Waals surface area contributed by atoms with Crippen LogP contribution in [0.25, 0.3) is 10.4 Å². The van der Waals surface area contributed by atoms with Crippen LogP contribution in [0.3, 0.4) is 0 Å². The van der Waals surface area contributed by atoms with Gasteiger partial charge in [0.25, 0.3) is 0 Å². The van der Waals surface area contributed by atoms with Gasteiger partial charge in [-0.2, -0.15) is 0 Å². The van der Waals surface area contributed by atoms with Gasteiger partial charge >= 0.3 is 5.97 Å². The first kappa shape index (κ1) is 12.7. The molecule has 0 rings (SSSR count). The molecule has 0 aliphatic heterocycles. The zero-order valence-electron chi connectivity index (χ0n) is 5.93. The third-order valence-corrected chi connectivity index (χ3v) is 0.962. The van der Waals surface area contributed by atoms with Crippen LogP contribution in [-0.4, -0.2) is 17.6 Å². The molecule has 0 aromatic carbocycles. The average Bonchev–Trinajstić information content (AvgIpc) is 1.87. The molecule has 0 atom stereocenters. The molecule has 6 heteroatoms. The maximum absolute atomic E-state index is 9.93. The van der Waals surface area contributed by atoms with E-state index < -0.39 is 5.97 Å². The molecular formula is C5H10ClN3O2. The summed E-state index contributed by atoms with van der Waals surface area (Å²) >= 11 is 0. The van der Waals surface area contributed by atoms with Gasteiger partial charge in [-0.15, -0.1) is 12.4 Å². The van der Waals surface area contributed by atoms with E-state index in [9.17, 15) is 4.79 Å². The fourth-order valence-corrected chi connectivity index (χ4v) is 0.503. The Labute approximate surface area is 70.4 Å². The molecule has 1 N–H and O–H groups in total. The summed E-state index contributed by atoms with van der Waals surface area (Å²) in [5, 5.41) is 11.4. The van der Waals surface area contributed by atoms with Gasteiger partial charge in [-0.25, -0.2) is 0 Å². The zero-order valence-corrected chi connectivity index (χ0v) is 6.75. The van der Waals surface area contributed by atoms with Gasteiger partial charge in [0, 0.05) is 17.9 Å². The lowest BCUT2D eigenvalue weighted by Crippen LogP contribution is -1.94. The van der Waals surface area contributed by atoms with E-state index >= 15 is 0 Å². The topological polar surface area (TPSA) is 86.1 Å². The fourth-order valence-electron chi connectivity index (χ4n) is 0.503. The highest BCUT2D eigenvalue weighted by atomic mass is 35.5. The van der Waals surface area contributed by atoms with Crippen LogP contribution in [0.2, 0.25) is 0 Å². The summed E-state index contributed by atoms with van der Waals surface area (Å²) in [6, 6.07) is 0. The molecule has 0 aromatic heterocycles. The van der Waals surface area contributed by atoms with Crippen molar-refractivity contribution in [3.05, 3.63) is 10.4 Å². The van der Waals surface area contributed by atoms with E-state index in [4.69, 9.17) is 10.6 Å². The minimum Gasteiger partial charge on any atom is -0.481 e. The van der Waals surface area contributed by atoms with Crippen molar-refractivity contribution < 1.29 is 9.90 Å². The summed E-state index contributed by atoms with van der Waals surface area (Å²) < 4.78 is 0. The lowest BCUT2D eigenvalue weighted by Gasteiger charge is -1.90. The van der Waals surface area contributed by atoms with Gasteiger partial charge in [0.05, 0.1) is 0 Å². The van der Waals surface area contributed by atoms with Crippen LogP contribution in [0.1, 0.15) is 19.3 Å². The predicted molar refractivity (Wildman–Crippen MR) is 42.7 cm³/mol. The lowest BCUT2D eigenvalue weighted by molar-refractivity contribution is -0.137. The highest BCUT2D eigenvalue weighted by Crippen LogP contribution is 1.94. The Morgan fingerprint density at radius 1 is 1.55 bits per heavy atom. The molecule has 0 fully saturated rings. The summed E-state index contributed by atoms with van der Waals surface area (Å²) in [7, 11) is 0. The molecule has 0 spiro atoms. The normalized spacial score (nSPS) is 7.64. The van der Waals surface area contributed by atoms with Crippen LogP contribution in [-0.2, 0) is 4.79 Å². The maximum atomic E-state index is 9.93. The Bertz CT molecular complexity index is 152. The first-order valence-corrected chi connectivity index (χ1v) is 3.00. The molecule has 11 heavy (non-hydrogen) atoms. The first-order valence-electron chi connectivity index (χ1n) is 3.00. The van der Waals surface area contributed by atoms with E-state index in [0.717, 1.165) is 0 Å². The van der Waals surface area contributed by atoms with Gasteiger partial charge in [-0.05, 0) is 18.4 Å². The summed E-state index contributed by atoms with van der Waals surface area (Å²) in [6.07, 6.45) is 1.38. The van der Waals surface area contributed by atoms with Crippen LogP contribution in [0.15, 0.2) is 5.11 Å². The van der Waals surface area contributed by atoms with Gasteiger partial charge in [-0.1, -0.05) is 5.11 Å². The Hall–Kier alpha value is -0.930. The molecule has 0 saturated carbocycles.